The van der Waals surface area contributed by atoms with Gasteiger partial charge < -0.3 is 10.0 Å². The number of carbonyl (C=O) groups is 2. The summed E-state index contributed by atoms with van der Waals surface area (Å²) in [4.78, 5) is 28.1. The van der Waals surface area contributed by atoms with Crippen molar-refractivity contribution >= 4 is 23.2 Å². The number of aliphatic carboxylic acids is 1. The number of carboxylic acids is 1. The van der Waals surface area contributed by atoms with Crippen LogP contribution in [0, 0.1) is 0 Å². The van der Waals surface area contributed by atoms with Gasteiger partial charge in [-0.3, -0.25) is 14.5 Å². The summed E-state index contributed by atoms with van der Waals surface area (Å²) in [5, 5.41) is 10.7. The van der Waals surface area contributed by atoms with Crippen LogP contribution in [0.1, 0.15) is 36.6 Å². The number of carboxylic acid groups (broad SMARTS) is 1. The van der Waals surface area contributed by atoms with Crippen LogP contribution in [-0.2, 0) is 9.59 Å². The molecule has 1 aromatic heterocycles. The number of hydrogen-bond donors (Lipinski definition) is 1. The van der Waals surface area contributed by atoms with Gasteiger partial charge in [-0.15, -0.1) is 11.3 Å². The number of rotatable bonds is 7. The first-order valence-corrected chi connectivity index (χ1v) is 8.19. The van der Waals surface area contributed by atoms with Crippen LogP contribution in [0.3, 0.4) is 0 Å². The highest BCUT2D eigenvalue weighted by atomic mass is 32.1. The number of nitrogens with zero attached hydrogens (tertiary/aromatic N) is 2. The minimum absolute atomic E-state index is 0.142. The van der Waals surface area contributed by atoms with Crippen molar-refractivity contribution in [3.8, 4) is 0 Å². The average molecular weight is 310 g/mol. The summed E-state index contributed by atoms with van der Waals surface area (Å²) in [5.74, 6) is -0.643. The molecule has 1 amide bonds. The Morgan fingerprint density at radius 2 is 2.33 bits per heavy atom. The van der Waals surface area contributed by atoms with Gasteiger partial charge in [-0.1, -0.05) is 6.07 Å². The maximum Gasteiger partial charge on any atom is 0.303 e. The van der Waals surface area contributed by atoms with Crippen LogP contribution in [0.5, 0.6) is 0 Å². The van der Waals surface area contributed by atoms with E-state index in [0.717, 1.165) is 19.4 Å². The van der Waals surface area contributed by atoms with E-state index in [4.69, 9.17) is 5.11 Å². The molecule has 116 valence electrons. The molecule has 1 aliphatic heterocycles. The second-order valence-electron chi connectivity index (χ2n) is 5.50. The molecule has 0 bridgehead atoms. The molecule has 1 atom stereocenters. The van der Waals surface area contributed by atoms with Gasteiger partial charge in [0.05, 0.1) is 12.6 Å². The largest absolute Gasteiger partial charge is 0.481 e. The number of likely N-dealkylation sites (tertiary alicyclic amines) is 1. The standard InChI is InChI=1S/C15H22N2O3S/c1-16(8-3-7-15(19)20)11-14(18)17-9-2-5-12(17)13-6-4-10-21-13/h4,6,10,12H,2-3,5,7-9,11H2,1H3,(H,19,20). The summed E-state index contributed by atoms with van der Waals surface area (Å²) in [6.45, 7) is 1.82. The topological polar surface area (TPSA) is 60.9 Å². The van der Waals surface area contributed by atoms with Gasteiger partial charge in [-0.2, -0.15) is 0 Å². The SMILES string of the molecule is CN(CCCC(=O)O)CC(=O)N1CCCC1c1cccs1. The van der Waals surface area contributed by atoms with Gasteiger partial charge in [0.2, 0.25) is 5.91 Å². The highest BCUT2D eigenvalue weighted by molar-refractivity contribution is 7.10. The second-order valence-corrected chi connectivity index (χ2v) is 6.47. The number of amides is 1. The van der Waals surface area contributed by atoms with Crippen LogP contribution in [0.25, 0.3) is 0 Å². The fourth-order valence-corrected chi connectivity index (χ4v) is 3.62. The zero-order chi connectivity index (χ0) is 15.2. The molecular formula is C15H22N2O3S. The van der Waals surface area contributed by atoms with E-state index in [1.54, 1.807) is 11.3 Å². The van der Waals surface area contributed by atoms with Crippen molar-refractivity contribution in [1.29, 1.82) is 0 Å². The summed E-state index contributed by atoms with van der Waals surface area (Å²) >= 11 is 1.70. The van der Waals surface area contributed by atoms with Crippen molar-refractivity contribution in [3.05, 3.63) is 22.4 Å². The van der Waals surface area contributed by atoms with Gasteiger partial charge in [-0.25, -0.2) is 0 Å². The van der Waals surface area contributed by atoms with E-state index in [1.807, 2.05) is 28.3 Å². The molecular weight excluding hydrogens is 288 g/mol. The Balaban J connectivity index is 1.83. The molecule has 0 spiro atoms. The van der Waals surface area contributed by atoms with Crippen molar-refractivity contribution in [2.75, 3.05) is 26.7 Å². The number of carbonyl (C=O) groups excluding carboxylic acids is 1. The quantitative estimate of drug-likeness (QED) is 0.839. The van der Waals surface area contributed by atoms with E-state index in [-0.39, 0.29) is 18.4 Å². The predicted octanol–water partition coefficient (Wildman–Crippen LogP) is 2.21. The normalized spacial score (nSPS) is 18.4. The first-order valence-electron chi connectivity index (χ1n) is 7.31. The van der Waals surface area contributed by atoms with Crippen LogP contribution < -0.4 is 0 Å². The summed E-state index contributed by atoms with van der Waals surface area (Å²) in [7, 11) is 1.87. The predicted molar refractivity (Wildman–Crippen MR) is 82.4 cm³/mol. The van der Waals surface area contributed by atoms with E-state index in [2.05, 4.69) is 6.07 Å². The van der Waals surface area contributed by atoms with Crippen molar-refractivity contribution in [3.63, 3.8) is 0 Å². The second kappa shape index (κ2) is 7.56. The maximum atomic E-state index is 12.4. The molecule has 1 saturated heterocycles. The molecule has 1 unspecified atom stereocenters. The zero-order valence-electron chi connectivity index (χ0n) is 12.3. The molecule has 21 heavy (non-hydrogen) atoms. The molecule has 1 N–H and O–H groups in total. The molecule has 1 aliphatic rings. The molecule has 0 aliphatic carbocycles. The van der Waals surface area contributed by atoms with Gasteiger partial charge in [0.25, 0.3) is 0 Å². The third-order valence-electron chi connectivity index (χ3n) is 3.78. The van der Waals surface area contributed by atoms with E-state index in [0.29, 0.717) is 19.5 Å². The minimum Gasteiger partial charge on any atom is -0.481 e. The molecule has 5 nitrogen and oxygen atoms in total. The van der Waals surface area contributed by atoms with Crippen molar-refractivity contribution in [2.45, 2.75) is 31.7 Å². The summed E-state index contributed by atoms with van der Waals surface area (Å²) in [5.41, 5.74) is 0. The van der Waals surface area contributed by atoms with E-state index in [9.17, 15) is 9.59 Å². The summed E-state index contributed by atoms with van der Waals surface area (Å²) in [6, 6.07) is 4.35. The molecule has 2 heterocycles. The molecule has 0 saturated carbocycles. The van der Waals surface area contributed by atoms with Crippen LogP contribution in [0.2, 0.25) is 0 Å². The fraction of sp³-hybridized carbons (Fsp3) is 0.600. The third-order valence-corrected chi connectivity index (χ3v) is 4.75. The van der Waals surface area contributed by atoms with Gasteiger partial charge >= 0.3 is 5.97 Å². The highest BCUT2D eigenvalue weighted by Gasteiger charge is 2.30. The Bertz CT molecular complexity index is 475. The lowest BCUT2D eigenvalue weighted by molar-refractivity contribution is -0.137. The van der Waals surface area contributed by atoms with E-state index >= 15 is 0 Å². The monoisotopic (exact) mass is 310 g/mol. The first-order chi connectivity index (χ1) is 10.1. The van der Waals surface area contributed by atoms with Gasteiger partial charge in [0.15, 0.2) is 0 Å². The lowest BCUT2D eigenvalue weighted by atomic mass is 10.2. The van der Waals surface area contributed by atoms with Crippen LogP contribution in [0.4, 0.5) is 0 Å². The minimum atomic E-state index is -0.785. The third kappa shape index (κ3) is 4.54. The summed E-state index contributed by atoms with van der Waals surface area (Å²) in [6.07, 6.45) is 2.82. The fourth-order valence-electron chi connectivity index (χ4n) is 2.74. The molecule has 0 aromatic carbocycles. The lowest BCUT2D eigenvalue weighted by Gasteiger charge is -2.26. The average Bonchev–Trinajstić information content (AvgIpc) is 3.09. The van der Waals surface area contributed by atoms with Gasteiger partial charge in [0, 0.05) is 17.8 Å². The molecule has 6 heteroatoms. The van der Waals surface area contributed by atoms with Crippen molar-refractivity contribution < 1.29 is 14.7 Å². The van der Waals surface area contributed by atoms with Gasteiger partial charge in [-0.05, 0) is 44.3 Å². The number of hydrogen-bond acceptors (Lipinski definition) is 4. The Kier molecular flexibility index (Phi) is 5.76. The number of likely N-dealkylation sites (N-methyl/N-ethyl adjacent to an activating group) is 1. The van der Waals surface area contributed by atoms with E-state index < -0.39 is 5.97 Å². The van der Waals surface area contributed by atoms with Crippen molar-refractivity contribution in [1.82, 2.24) is 9.80 Å². The Morgan fingerprint density at radius 1 is 1.52 bits per heavy atom. The van der Waals surface area contributed by atoms with Crippen molar-refractivity contribution in [2.24, 2.45) is 0 Å². The van der Waals surface area contributed by atoms with E-state index in [1.165, 1.54) is 4.88 Å². The molecule has 0 radical (unpaired) electrons. The van der Waals surface area contributed by atoms with Crippen LogP contribution in [0.15, 0.2) is 17.5 Å². The molecule has 1 aromatic rings. The smallest absolute Gasteiger partial charge is 0.303 e. The Morgan fingerprint density at radius 3 is 3.00 bits per heavy atom. The maximum absolute atomic E-state index is 12.4. The Hall–Kier alpha value is -1.40. The van der Waals surface area contributed by atoms with Gasteiger partial charge in [0.1, 0.15) is 0 Å². The Labute approximate surface area is 129 Å². The van der Waals surface area contributed by atoms with Crippen LogP contribution >= 0.6 is 11.3 Å². The molecule has 1 fully saturated rings. The zero-order valence-corrected chi connectivity index (χ0v) is 13.1. The molecule has 2 rings (SSSR count). The van der Waals surface area contributed by atoms with Crippen LogP contribution in [-0.4, -0.2) is 53.5 Å². The highest BCUT2D eigenvalue weighted by Crippen LogP contribution is 2.34. The number of thiophene rings is 1. The summed E-state index contributed by atoms with van der Waals surface area (Å²) < 4.78 is 0. The lowest BCUT2D eigenvalue weighted by Crippen LogP contribution is -2.38. The first kappa shape index (κ1) is 16.0.